The number of carbonyl (C=O) groups is 1. The number of halogens is 1. The summed E-state index contributed by atoms with van der Waals surface area (Å²) >= 11 is 0. The third-order valence-corrected chi connectivity index (χ3v) is 7.99. The molecule has 0 aromatic heterocycles. The predicted molar refractivity (Wildman–Crippen MR) is 153 cm³/mol. The molecule has 0 bridgehead atoms. The molecule has 5 rings (SSSR count). The normalized spacial score (nSPS) is 33.5. The van der Waals surface area contributed by atoms with E-state index in [4.69, 9.17) is 23.7 Å². The number of amides is 1. The van der Waals surface area contributed by atoms with Crippen molar-refractivity contribution in [1.29, 1.82) is 0 Å². The van der Waals surface area contributed by atoms with Gasteiger partial charge < -0.3 is 59.6 Å². The topological polar surface area (TPSA) is 197 Å². The molecule has 3 fully saturated rings. The molecule has 14 heteroatoms. The molecule has 45 heavy (non-hydrogen) atoms. The number of phenolic OH excluding ortho intramolecular Hbond substituents is 1. The van der Waals surface area contributed by atoms with Crippen LogP contribution in [-0.2, 0) is 19.0 Å². The summed E-state index contributed by atoms with van der Waals surface area (Å²) in [5.74, 6) is -1.16. The van der Waals surface area contributed by atoms with Gasteiger partial charge in [0.2, 0.25) is 12.2 Å². The first-order valence-electron chi connectivity index (χ1n) is 14.3. The third kappa shape index (κ3) is 7.13. The molecule has 10 atom stereocenters. The van der Waals surface area contributed by atoms with E-state index in [1.54, 1.807) is 19.1 Å². The molecule has 2 aromatic carbocycles. The second-order valence-corrected chi connectivity index (χ2v) is 11.1. The third-order valence-electron chi connectivity index (χ3n) is 7.99. The number of rotatable bonds is 9. The average Bonchev–Trinajstić information content (AvgIpc) is 3.61. The van der Waals surface area contributed by atoms with Gasteiger partial charge in [-0.05, 0) is 61.4 Å². The smallest absolute Gasteiger partial charge is 0.247 e. The Labute approximate surface area is 257 Å². The number of carbonyl (C=O) groups excluding carboxylic acids is 1. The lowest BCUT2D eigenvalue weighted by molar-refractivity contribution is -0.155. The van der Waals surface area contributed by atoms with Crippen molar-refractivity contribution in [3.8, 4) is 17.2 Å². The van der Waals surface area contributed by atoms with Crippen LogP contribution in [-0.4, -0.2) is 111 Å². The van der Waals surface area contributed by atoms with Crippen LogP contribution in [0.2, 0.25) is 0 Å². The fourth-order valence-electron chi connectivity index (χ4n) is 5.45. The molecule has 1 aliphatic carbocycles. The van der Waals surface area contributed by atoms with Crippen LogP contribution in [0.25, 0.3) is 6.08 Å². The summed E-state index contributed by atoms with van der Waals surface area (Å²) in [6.45, 7) is 3.05. The number of fused-ring (bicyclic) bond motifs is 1. The Hall–Kier alpha value is -3.60. The highest BCUT2D eigenvalue weighted by molar-refractivity contribution is 5.97. The van der Waals surface area contributed by atoms with Gasteiger partial charge >= 0.3 is 0 Å². The lowest BCUT2D eigenvalue weighted by atomic mass is 9.83. The molecular weight excluding hydrogens is 597 g/mol. The van der Waals surface area contributed by atoms with Gasteiger partial charge in [0, 0.05) is 11.6 Å². The van der Waals surface area contributed by atoms with Gasteiger partial charge in [-0.25, -0.2) is 4.39 Å². The van der Waals surface area contributed by atoms with E-state index in [0.717, 1.165) is 0 Å². The summed E-state index contributed by atoms with van der Waals surface area (Å²) in [4.78, 5) is 12.9. The van der Waals surface area contributed by atoms with Crippen LogP contribution < -0.4 is 14.8 Å². The molecule has 244 valence electrons. The summed E-state index contributed by atoms with van der Waals surface area (Å²) in [5.41, 5.74) is 1.09. The van der Waals surface area contributed by atoms with E-state index in [2.05, 4.69) is 5.32 Å². The number of ether oxygens (including phenoxy) is 5. The van der Waals surface area contributed by atoms with E-state index in [1.807, 2.05) is 0 Å². The van der Waals surface area contributed by atoms with Crippen molar-refractivity contribution < 1.29 is 63.5 Å². The summed E-state index contributed by atoms with van der Waals surface area (Å²) in [6, 6.07) is 8.63. The number of benzene rings is 2. The molecule has 0 spiro atoms. The van der Waals surface area contributed by atoms with E-state index in [-0.39, 0.29) is 30.5 Å². The van der Waals surface area contributed by atoms with Gasteiger partial charge in [0.25, 0.3) is 0 Å². The molecule has 1 saturated carbocycles. The Morgan fingerprint density at radius 1 is 0.978 bits per heavy atom. The largest absolute Gasteiger partial charge is 0.504 e. The molecule has 2 saturated heterocycles. The van der Waals surface area contributed by atoms with Crippen LogP contribution in [0.15, 0.2) is 59.7 Å². The van der Waals surface area contributed by atoms with E-state index in [0.29, 0.717) is 16.9 Å². The zero-order valence-electron chi connectivity index (χ0n) is 24.4. The minimum absolute atomic E-state index is 0.0574. The monoisotopic (exact) mass is 633 g/mol. The quantitative estimate of drug-likeness (QED) is 0.146. The molecule has 13 nitrogen and oxygen atoms in total. The van der Waals surface area contributed by atoms with Gasteiger partial charge in [0.1, 0.15) is 73.8 Å². The van der Waals surface area contributed by atoms with Gasteiger partial charge in [-0.3, -0.25) is 4.79 Å². The Kier molecular flexibility index (Phi) is 10.1. The van der Waals surface area contributed by atoms with Crippen LogP contribution >= 0.6 is 0 Å². The highest BCUT2D eigenvalue weighted by Gasteiger charge is 2.53. The number of hydrogen-bond acceptors (Lipinski definition) is 12. The maximum atomic E-state index is 13.3. The summed E-state index contributed by atoms with van der Waals surface area (Å²) in [5, 5.41) is 65.5. The fraction of sp³-hybridized carbons (Fsp3) is 0.452. The highest BCUT2D eigenvalue weighted by atomic mass is 19.1. The Bertz CT molecular complexity index is 1440. The Balaban J connectivity index is 1.18. The van der Waals surface area contributed by atoms with Gasteiger partial charge in [0.15, 0.2) is 11.5 Å². The van der Waals surface area contributed by atoms with Crippen molar-refractivity contribution in [3.05, 3.63) is 71.1 Å². The zero-order chi connectivity index (χ0) is 32.4. The SMILES string of the molecule is C/C(=C\c1ccc(O[C@@H]2O[C@H](/C(C)=C/COc3cccc(F)c3)[C@@H](O)[C@@H]2O)c(O)c1)C(=O)N[C@@H]1[C@H](O)[C@@H](O)[C@H]2OCO[C@H]2[C@@H]1O. The first-order valence-corrected chi connectivity index (χ1v) is 14.3. The van der Waals surface area contributed by atoms with Crippen molar-refractivity contribution in [2.75, 3.05) is 13.4 Å². The maximum absolute atomic E-state index is 13.3. The molecular formula is C31H36FNO12. The first kappa shape index (κ1) is 32.8. The minimum Gasteiger partial charge on any atom is -0.504 e. The van der Waals surface area contributed by atoms with E-state index in [1.165, 1.54) is 49.4 Å². The molecule has 2 heterocycles. The lowest BCUT2D eigenvalue weighted by Crippen LogP contribution is -2.67. The second-order valence-electron chi connectivity index (χ2n) is 11.1. The molecule has 0 unspecified atom stereocenters. The molecule has 0 radical (unpaired) electrons. The van der Waals surface area contributed by atoms with Gasteiger partial charge in [0.05, 0.1) is 6.04 Å². The number of aliphatic hydroxyl groups excluding tert-OH is 5. The zero-order valence-corrected chi connectivity index (χ0v) is 24.4. The first-order chi connectivity index (χ1) is 21.4. The van der Waals surface area contributed by atoms with Crippen molar-refractivity contribution in [2.45, 2.75) is 75.0 Å². The molecule has 2 aromatic rings. The maximum Gasteiger partial charge on any atom is 0.247 e. The van der Waals surface area contributed by atoms with Crippen molar-refractivity contribution in [2.24, 2.45) is 0 Å². The van der Waals surface area contributed by atoms with E-state index >= 15 is 0 Å². The summed E-state index contributed by atoms with van der Waals surface area (Å²) in [7, 11) is 0. The predicted octanol–water partition coefficient (Wildman–Crippen LogP) is 0.108. The fourth-order valence-corrected chi connectivity index (χ4v) is 5.45. The van der Waals surface area contributed by atoms with Crippen LogP contribution in [0.1, 0.15) is 19.4 Å². The molecule has 2 aliphatic heterocycles. The average molecular weight is 634 g/mol. The van der Waals surface area contributed by atoms with Crippen molar-refractivity contribution >= 4 is 12.0 Å². The van der Waals surface area contributed by atoms with Crippen LogP contribution in [0.4, 0.5) is 4.39 Å². The second kappa shape index (κ2) is 13.8. The summed E-state index contributed by atoms with van der Waals surface area (Å²) in [6.07, 6.45) is -8.02. The number of hydrogen-bond donors (Lipinski definition) is 7. The minimum atomic E-state index is -1.50. The number of phenols is 1. The van der Waals surface area contributed by atoms with E-state index in [9.17, 15) is 39.8 Å². The van der Waals surface area contributed by atoms with Crippen molar-refractivity contribution in [3.63, 3.8) is 0 Å². The molecule has 1 amide bonds. The number of aromatic hydroxyl groups is 1. The Morgan fingerprint density at radius 3 is 2.42 bits per heavy atom. The highest BCUT2D eigenvalue weighted by Crippen LogP contribution is 2.34. The van der Waals surface area contributed by atoms with Crippen LogP contribution in [0.3, 0.4) is 0 Å². The van der Waals surface area contributed by atoms with Crippen LogP contribution in [0, 0.1) is 5.82 Å². The van der Waals surface area contributed by atoms with E-state index < -0.39 is 72.9 Å². The van der Waals surface area contributed by atoms with Gasteiger partial charge in [-0.1, -0.05) is 12.1 Å². The van der Waals surface area contributed by atoms with Gasteiger partial charge in [-0.15, -0.1) is 0 Å². The number of aliphatic hydroxyl groups is 5. The molecule has 7 N–H and O–H groups in total. The summed E-state index contributed by atoms with van der Waals surface area (Å²) < 4.78 is 40.7. The van der Waals surface area contributed by atoms with Crippen LogP contribution in [0.5, 0.6) is 17.2 Å². The lowest BCUT2D eigenvalue weighted by Gasteiger charge is -2.41. The Morgan fingerprint density at radius 2 is 1.71 bits per heavy atom. The van der Waals surface area contributed by atoms with Gasteiger partial charge in [-0.2, -0.15) is 0 Å². The standard InChI is InChI=1S/C31H36FNO12/c1-14(8-9-41-18-5-3-4-17(32)12-18)27-25(38)26(39)31(45-27)44-20-7-6-16(11-19(20)34)10-15(2)30(40)33-21-22(35)24(37)29-28(23(21)36)42-13-43-29/h3-8,10-12,21-29,31,34-39H,9,13H2,1-2H3,(H,33,40)/b14-8+,15-10+/t21-,22+,23-,24-,25+,26+,27-,28+,29-,31-/m1/s1. The van der Waals surface area contributed by atoms with Crippen molar-refractivity contribution in [1.82, 2.24) is 5.32 Å². The molecule has 3 aliphatic rings. The number of nitrogens with one attached hydrogen (secondary N) is 1.